The van der Waals surface area contributed by atoms with Crippen LogP contribution in [0.3, 0.4) is 0 Å². The van der Waals surface area contributed by atoms with Crippen LogP contribution in [0.25, 0.3) is 0 Å². The van der Waals surface area contributed by atoms with Gasteiger partial charge in [-0.25, -0.2) is 0 Å². The molecule has 0 aliphatic carbocycles. The highest BCUT2D eigenvalue weighted by atomic mass is 16.5. The summed E-state index contributed by atoms with van der Waals surface area (Å²) in [6, 6.07) is 12.1. The standard InChI is InChI=1S/C22H24N2O6/c1-15(25)16-3-8-20-19(13-16)24(22(27)14-30-20)11-9-21(26)23-10-12-29-18-6-4-17(28-2)5-7-18/h3-8,13H,9-12,14H2,1-2H3,(H,23,26). The number of methoxy groups -OCH3 is 1. The summed E-state index contributed by atoms with van der Waals surface area (Å²) in [6.45, 7) is 2.22. The van der Waals surface area contributed by atoms with Crippen LogP contribution >= 0.6 is 0 Å². The lowest BCUT2D eigenvalue weighted by atomic mass is 10.1. The molecule has 0 atom stereocenters. The van der Waals surface area contributed by atoms with Gasteiger partial charge in [0.1, 0.15) is 23.9 Å². The van der Waals surface area contributed by atoms with Crippen molar-refractivity contribution in [3.8, 4) is 17.2 Å². The third kappa shape index (κ3) is 5.28. The topological polar surface area (TPSA) is 94.2 Å². The molecule has 2 amide bonds. The molecule has 30 heavy (non-hydrogen) atoms. The van der Waals surface area contributed by atoms with Crippen molar-refractivity contribution in [2.45, 2.75) is 13.3 Å². The van der Waals surface area contributed by atoms with Gasteiger partial charge in [0.25, 0.3) is 5.91 Å². The summed E-state index contributed by atoms with van der Waals surface area (Å²) in [4.78, 5) is 37.6. The molecule has 0 aromatic heterocycles. The quantitative estimate of drug-likeness (QED) is 0.501. The predicted octanol–water partition coefficient (Wildman–Crippen LogP) is 2.21. The number of fused-ring (bicyclic) bond motifs is 1. The molecule has 1 aliphatic rings. The Labute approximate surface area is 174 Å². The van der Waals surface area contributed by atoms with Gasteiger partial charge in [-0.05, 0) is 49.4 Å². The zero-order valence-electron chi connectivity index (χ0n) is 17.0. The van der Waals surface area contributed by atoms with Crippen molar-refractivity contribution in [1.82, 2.24) is 5.32 Å². The van der Waals surface area contributed by atoms with Crippen LogP contribution < -0.4 is 24.4 Å². The first-order valence-corrected chi connectivity index (χ1v) is 9.59. The molecule has 0 radical (unpaired) electrons. The van der Waals surface area contributed by atoms with Gasteiger partial charge in [-0.15, -0.1) is 0 Å². The second kappa shape index (κ2) is 9.78. The molecule has 0 fully saturated rings. The van der Waals surface area contributed by atoms with Gasteiger partial charge in [-0.3, -0.25) is 14.4 Å². The summed E-state index contributed by atoms with van der Waals surface area (Å²) in [7, 11) is 1.59. The number of nitrogens with one attached hydrogen (secondary N) is 1. The normalized spacial score (nSPS) is 12.6. The van der Waals surface area contributed by atoms with Crippen LogP contribution in [0.4, 0.5) is 5.69 Å². The van der Waals surface area contributed by atoms with Crippen molar-refractivity contribution in [2.75, 3.05) is 38.3 Å². The highest BCUT2D eigenvalue weighted by Crippen LogP contribution is 2.33. The van der Waals surface area contributed by atoms with Crippen LogP contribution in [0.1, 0.15) is 23.7 Å². The Kier molecular flexibility index (Phi) is 6.90. The Morgan fingerprint density at radius 2 is 1.87 bits per heavy atom. The van der Waals surface area contributed by atoms with E-state index in [-0.39, 0.29) is 37.2 Å². The predicted molar refractivity (Wildman–Crippen MR) is 110 cm³/mol. The van der Waals surface area contributed by atoms with Crippen LogP contribution in [-0.4, -0.2) is 51.0 Å². The summed E-state index contributed by atoms with van der Waals surface area (Å²) in [6.07, 6.45) is 0.123. The van der Waals surface area contributed by atoms with E-state index in [0.29, 0.717) is 35.9 Å². The number of amides is 2. The molecule has 0 saturated heterocycles. The number of ether oxygens (including phenoxy) is 3. The second-order valence-electron chi connectivity index (χ2n) is 6.70. The number of hydrogen-bond acceptors (Lipinski definition) is 6. The minimum absolute atomic E-state index is 0.0935. The molecule has 0 spiro atoms. The Hall–Kier alpha value is -3.55. The summed E-state index contributed by atoms with van der Waals surface area (Å²) in [5, 5.41) is 2.77. The molecule has 1 heterocycles. The third-order valence-electron chi connectivity index (χ3n) is 4.62. The van der Waals surface area contributed by atoms with Crippen LogP contribution in [0, 0.1) is 0 Å². The number of carbonyl (C=O) groups is 3. The summed E-state index contributed by atoms with van der Waals surface area (Å²) < 4.78 is 16.1. The van der Waals surface area contributed by atoms with Crippen LogP contribution in [0.5, 0.6) is 17.2 Å². The van der Waals surface area contributed by atoms with Crippen LogP contribution in [-0.2, 0) is 9.59 Å². The smallest absolute Gasteiger partial charge is 0.265 e. The number of ketones is 1. The van der Waals surface area contributed by atoms with Crippen molar-refractivity contribution >= 4 is 23.3 Å². The molecule has 8 nitrogen and oxygen atoms in total. The number of rotatable bonds is 9. The Morgan fingerprint density at radius 3 is 2.57 bits per heavy atom. The zero-order valence-corrected chi connectivity index (χ0v) is 17.0. The van der Waals surface area contributed by atoms with Gasteiger partial charge in [0.2, 0.25) is 5.91 Å². The Morgan fingerprint density at radius 1 is 1.13 bits per heavy atom. The summed E-state index contributed by atoms with van der Waals surface area (Å²) >= 11 is 0. The van der Waals surface area contributed by atoms with Gasteiger partial charge >= 0.3 is 0 Å². The van der Waals surface area contributed by atoms with E-state index in [1.165, 1.54) is 11.8 Å². The van der Waals surface area contributed by atoms with E-state index in [0.717, 1.165) is 5.75 Å². The van der Waals surface area contributed by atoms with Crippen molar-refractivity contribution in [1.29, 1.82) is 0 Å². The Balaban J connectivity index is 1.48. The number of carbonyl (C=O) groups excluding carboxylic acids is 3. The fourth-order valence-corrected chi connectivity index (χ4v) is 3.00. The van der Waals surface area contributed by atoms with Crippen molar-refractivity contribution in [3.05, 3.63) is 48.0 Å². The van der Waals surface area contributed by atoms with E-state index in [1.807, 2.05) is 0 Å². The average Bonchev–Trinajstić information content (AvgIpc) is 2.76. The Bertz CT molecular complexity index is 926. The van der Waals surface area contributed by atoms with Gasteiger partial charge in [-0.1, -0.05) is 0 Å². The van der Waals surface area contributed by atoms with E-state index in [1.54, 1.807) is 49.6 Å². The number of anilines is 1. The van der Waals surface area contributed by atoms with Gasteiger partial charge in [0.05, 0.1) is 19.3 Å². The fourth-order valence-electron chi connectivity index (χ4n) is 3.00. The number of hydrogen-bond donors (Lipinski definition) is 1. The van der Waals surface area contributed by atoms with E-state index in [4.69, 9.17) is 14.2 Å². The van der Waals surface area contributed by atoms with Crippen molar-refractivity contribution in [3.63, 3.8) is 0 Å². The van der Waals surface area contributed by atoms with E-state index in [9.17, 15) is 14.4 Å². The third-order valence-corrected chi connectivity index (χ3v) is 4.62. The van der Waals surface area contributed by atoms with E-state index >= 15 is 0 Å². The molecule has 1 aliphatic heterocycles. The lowest BCUT2D eigenvalue weighted by molar-refractivity contribution is -0.122. The number of Topliss-reactive ketones (excluding diaryl/α,β-unsaturated/α-hetero) is 1. The molecule has 0 bridgehead atoms. The first kappa shape index (κ1) is 21.2. The second-order valence-corrected chi connectivity index (χ2v) is 6.70. The fraction of sp³-hybridized carbons (Fsp3) is 0.318. The maximum atomic E-state index is 12.3. The minimum Gasteiger partial charge on any atom is -0.497 e. The average molecular weight is 412 g/mol. The van der Waals surface area contributed by atoms with Gasteiger partial charge in [0.15, 0.2) is 12.4 Å². The zero-order chi connectivity index (χ0) is 21.5. The lowest BCUT2D eigenvalue weighted by Crippen LogP contribution is -2.41. The molecular formula is C22H24N2O6. The monoisotopic (exact) mass is 412 g/mol. The van der Waals surface area contributed by atoms with Gasteiger partial charge in [0, 0.05) is 18.5 Å². The maximum absolute atomic E-state index is 12.3. The number of benzene rings is 2. The van der Waals surface area contributed by atoms with E-state index < -0.39 is 0 Å². The molecule has 0 saturated carbocycles. The molecule has 2 aromatic carbocycles. The van der Waals surface area contributed by atoms with Gasteiger partial charge in [-0.2, -0.15) is 0 Å². The minimum atomic E-state index is -0.251. The highest BCUT2D eigenvalue weighted by Gasteiger charge is 2.26. The molecule has 0 unspecified atom stereocenters. The molecule has 8 heteroatoms. The largest absolute Gasteiger partial charge is 0.497 e. The SMILES string of the molecule is COc1ccc(OCCNC(=O)CCN2C(=O)COc3ccc(C(C)=O)cc32)cc1. The molecule has 158 valence electrons. The van der Waals surface area contributed by atoms with E-state index in [2.05, 4.69) is 5.32 Å². The molecule has 2 aromatic rings. The first-order valence-electron chi connectivity index (χ1n) is 9.59. The van der Waals surface area contributed by atoms with Crippen LogP contribution in [0.15, 0.2) is 42.5 Å². The molecule has 3 rings (SSSR count). The first-order chi connectivity index (χ1) is 14.5. The summed E-state index contributed by atoms with van der Waals surface area (Å²) in [5.74, 6) is 1.39. The molecular weight excluding hydrogens is 388 g/mol. The summed E-state index contributed by atoms with van der Waals surface area (Å²) in [5.41, 5.74) is 0.992. The highest BCUT2D eigenvalue weighted by molar-refractivity contribution is 6.01. The van der Waals surface area contributed by atoms with Gasteiger partial charge < -0.3 is 24.4 Å². The van der Waals surface area contributed by atoms with Crippen LogP contribution in [0.2, 0.25) is 0 Å². The lowest BCUT2D eigenvalue weighted by Gasteiger charge is -2.29. The number of nitrogens with zero attached hydrogens (tertiary/aromatic N) is 1. The van der Waals surface area contributed by atoms with Crippen molar-refractivity contribution in [2.24, 2.45) is 0 Å². The maximum Gasteiger partial charge on any atom is 0.265 e. The molecule has 1 N–H and O–H groups in total. The van der Waals surface area contributed by atoms with Crippen molar-refractivity contribution < 1.29 is 28.6 Å².